The summed E-state index contributed by atoms with van der Waals surface area (Å²) in [5, 5.41) is 2.96. The molecule has 118 valence electrons. The average Bonchev–Trinajstić information content (AvgIpc) is 2.40. The van der Waals surface area contributed by atoms with E-state index in [1.807, 2.05) is 31.2 Å². The van der Waals surface area contributed by atoms with Crippen molar-refractivity contribution in [1.29, 1.82) is 0 Å². The van der Waals surface area contributed by atoms with Gasteiger partial charge in [0.15, 0.2) is 5.96 Å². The highest BCUT2D eigenvalue weighted by Crippen LogP contribution is 2.09. The van der Waals surface area contributed by atoms with Crippen LogP contribution in [0, 0.1) is 18.6 Å². The summed E-state index contributed by atoms with van der Waals surface area (Å²) in [7, 11) is 0. The average molecular weight is 417 g/mol. The van der Waals surface area contributed by atoms with Crippen molar-refractivity contribution in [2.75, 3.05) is 11.9 Å². The predicted molar refractivity (Wildman–Crippen MR) is 96.8 cm³/mol. The monoisotopic (exact) mass is 417 g/mol. The van der Waals surface area contributed by atoms with Crippen LogP contribution in [0.2, 0.25) is 0 Å². The van der Waals surface area contributed by atoms with Gasteiger partial charge in [-0.3, -0.25) is 4.99 Å². The summed E-state index contributed by atoms with van der Waals surface area (Å²) in [5.41, 5.74) is 8.32. The summed E-state index contributed by atoms with van der Waals surface area (Å²) < 4.78 is 26.0. The molecule has 3 N–H and O–H groups in total. The first kappa shape index (κ1) is 18.3. The van der Waals surface area contributed by atoms with Crippen LogP contribution in [-0.2, 0) is 6.42 Å². The van der Waals surface area contributed by atoms with Gasteiger partial charge in [-0.1, -0.05) is 17.7 Å². The molecule has 22 heavy (non-hydrogen) atoms. The van der Waals surface area contributed by atoms with Crippen LogP contribution < -0.4 is 11.1 Å². The van der Waals surface area contributed by atoms with E-state index < -0.39 is 11.6 Å². The predicted octanol–water partition coefficient (Wildman–Crippen LogP) is 3.86. The molecule has 2 aromatic rings. The Morgan fingerprint density at radius 2 is 1.68 bits per heavy atom. The summed E-state index contributed by atoms with van der Waals surface area (Å²) in [6.07, 6.45) is 0.422. The van der Waals surface area contributed by atoms with Gasteiger partial charge in [0.2, 0.25) is 0 Å². The summed E-state index contributed by atoms with van der Waals surface area (Å²) in [4.78, 5) is 4.13. The molecule has 0 unspecified atom stereocenters. The van der Waals surface area contributed by atoms with Crippen LogP contribution in [0.3, 0.4) is 0 Å². The number of nitrogens with two attached hydrogens (primary N) is 1. The lowest BCUT2D eigenvalue weighted by atomic mass is 10.1. The van der Waals surface area contributed by atoms with Gasteiger partial charge in [0.1, 0.15) is 11.6 Å². The largest absolute Gasteiger partial charge is 0.370 e. The van der Waals surface area contributed by atoms with E-state index in [0.29, 0.717) is 18.5 Å². The van der Waals surface area contributed by atoms with Crippen molar-refractivity contribution in [1.82, 2.24) is 0 Å². The minimum Gasteiger partial charge on any atom is -0.370 e. The van der Waals surface area contributed by atoms with Gasteiger partial charge >= 0.3 is 0 Å². The Kier molecular flexibility index (Phi) is 7.23. The third kappa shape index (κ3) is 5.97. The van der Waals surface area contributed by atoms with Gasteiger partial charge < -0.3 is 11.1 Å². The van der Waals surface area contributed by atoms with E-state index in [9.17, 15) is 8.78 Å². The third-order valence-corrected chi connectivity index (χ3v) is 2.93. The molecule has 0 bridgehead atoms. The fraction of sp³-hybridized carbons (Fsp3) is 0.188. The molecule has 0 saturated heterocycles. The second-order valence-electron chi connectivity index (χ2n) is 4.79. The quantitative estimate of drug-likeness (QED) is 0.451. The number of nitrogens with zero attached hydrogens (tertiary/aromatic N) is 1. The van der Waals surface area contributed by atoms with E-state index in [2.05, 4.69) is 10.3 Å². The molecule has 0 heterocycles. The van der Waals surface area contributed by atoms with E-state index in [0.717, 1.165) is 17.3 Å². The molecule has 2 aromatic carbocycles. The van der Waals surface area contributed by atoms with E-state index in [4.69, 9.17) is 5.73 Å². The number of rotatable bonds is 4. The lowest BCUT2D eigenvalue weighted by Gasteiger charge is -2.06. The Balaban J connectivity index is 0.00000242. The highest BCUT2D eigenvalue weighted by molar-refractivity contribution is 14.0. The molecule has 0 atom stereocenters. The normalized spacial score (nSPS) is 11.0. The van der Waals surface area contributed by atoms with Crippen LogP contribution in [0.4, 0.5) is 14.5 Å². The van der Waals surface area contributed by atoms with Gasteiger partial charge in [0.25, 0.3) is 0 Å². The van der Waals surface area contributed by atoms with Crippen molar-refractivity contribution >= 4 is 35.6 Å². The van der Waals surface area contributed by atoms with Gasteiger partial charge in [0, 0.05) is 18.3 Å². The van der Waals surface area contributed by atoms with E-state index in [-0.39, 0.29) is 29.9 Å². The van der Waals surface area contributed by atoms with Gasteiger partial charge in [-0.2, -0.15) is 0 Å². The summed E-state index contributed by atoms with van der Waals surface area (Å²) >= 11 is 0. The van der Waals surface area contributed by atoms with Gasteiger partial charge in [-0.15, -0.1) is 24.0 Å². The minimum atomic E-state index is -0.584. The number of halogens is 3. The molecular weight excluding hydrogens is 399 g/mol. The molecule has 0 amide bonds. The maximum atomic E-state index is 13.0. The van der Waals surface area contributed by atoms with Crippen molar-refractivity contribution in [2.45, 2.75) is 13.3 Å². The molecule has 0 aliphatic rings. The van der Waals surface area contributed by atoms with Crippen LogP contribution in [0.15, 0.2) is 47.5 Å². The zero-order chi connectivity index (χ0) is 15.2. The molecule has 0 radical (unpaired) electrons. The van der Waals surface area contributed by atoms with E-state index in [1.165, 1.54) is 12.1 Å². The first-order chi connectivity index (χ1) is 10.0. The molecule has 0 saturated carbocycles. The summed E-state index contributed by atoms with van der Waals surface area (Å²) in [5.74, 6) is -0.893. The number of hydrogen-bond acceptors (Lipinski definition) is 1. The first-order valence-corrected chi connectivity index (χ1v) is 6.61. The standard InChI is InChI=1S/C16H17F2N3.HI/c1-11-2-4-15(5-3-11)21-16(19)20-7-6-12-8-13(17)10-14(18)9-12;/h2-5,8-10H,6-7H2,1H3,(H3,19,20,21);1H. The Labute approximate surface area is 145 Å². The van der Waals surface area contributed by atoms with Crippen molar-refractivity contribution in [2.24, 2.45) is 10.7 Å². The Morgan fingerprint density at radius 1 is 1.09 bits per heavy atom. The first-order valence-electron chi connectivity index (χ1n) is 6.61. The molecule has 6 heteroatoms. The second kappa shape index (κ2) is 8.67. The lowest BCUT2D eigenvalue weighted by molar-refractivity contribution is 0.579. The van der Waals surface area contributed by atoms with Crippen molar-refractivity contribution < 1.29 is 8.78 Å². The van der Waals surface area contributed by atoms with E-state index in [1.54, 1.807) is 0 Å². The minimum absolute atomic E-state index is 0. The molecule has 0 fully saturated rings. The molecule has 0 aromatic heterocycles. The zero-order valence-corrected chi connectivity index (χ0v) is 14.5. The van der Waals surface area contributed by atoms with Crippen LogP contribution in [0.25, 0.3) is 0 Å². The summed E-state index contributed by atoms with van der Waals surface area (Å²) in [6, 6.07) is 11.2. The highest BCUT2D eigenvalue weighted by atomic mass is 127. The fourth-order valence-electron chi connectivity index (χ4n) is 1.89. The van der Waals surface area contributed by atoms with Crippen LogP contribution in [0.1, 0.15) is 11.1 Å². The number of nitrogens with one attached hydrogen (secondary N) is 1. The summed E-state index contributed by atoms with van der Waals surface area (Å²) in [6.45, 7) is 2.35. The van der Waals surface area contributed by atoms with Gasteiger partial charge in [-0.05, 0) is 43.2 Å². The number of hydrogen-bond donors (Lipinski definition) is 2. The molecule has 0 spiro atoms. The topological polar surface area (TPSA) is 50.4 Å². The maximum Gasteiger partial charge on any atom is 0.193 e. The third-order valence-electron chi connectivity index (χ3n) is 2.93. The Hall–Kier alpha value is -1.70. The molecule has 0 aliphatic heterocycles. The molecule has 0 aliphatic carbocycles. The SMILES string of the molecule is Cc1ccc(NC(N)=NCCc2cc(F)cc(F)c2)cc1.I. The smallest absolute Gasteiger partial charge is 0.193 e. The Morgan fingerprint density at radius 3 is 2.27 bits per heavy atom. The van der Waals surface area contributed by atoms with Gasteiger partial charge in [0.05, 0.1) is 0 Å². The van der Waals surface area contributed by atoms with Crippen molar-refractivity contribution in [3.8, 4) is 0 Å². The molecule has 2 rings (SSSR count). The van der Waals surface area contributed by atoms with Crippen LogP contribution in [0.5, 0.6) is 0 Å². The fourth-order valence-corrected chi connectivity index (χ4v) is 1.89. The zero-order valence-electron chi connectivity index (χ0n) is 12.1. The van der Waals surface area contributed by atoms with Crippen molar-refractivity contribution in [3.05, 3.63) is 65.2 Å². The number of aliphatic imine (C=N–C) groups is 1. The van der Waals surface area contributed by atoms with Crippen LogP contribution in [-0.4, -0.2) is 12.5 Å². The molecule has 3 nitrogen and oxygen atoms in total. The number of aryl methyl sites for hydroxylation is 1. The van der Waals surface area contributed by atoms with E-state index >= 15 is 0 Å². The second-order valence-corrected chi connectivity index (χ2v) is 4.79. The molecular formula is C16H18F2IN3. The van der Waals surface area contributed by atoms with Crippen LogP contribution >= 0.6 is 24.0 Å². The highest BCUT2D eigenvalue weighted by Gasteiger charge is 2.00. The number of guanidine groups is 1. The maximum absolute atomic E-state index is 13.0. The number of anilines is 1. The van der Waals surface area contributed by atoms with Crippen molar-refractivity contribution in [3.63, 3.8) is 0 Å². The van der Waals surface area contributed by atoms with Gasteiger partial charge in [-0.25, -0.2) is 8.78 Å². The number of benzene rings is 2. The lowest BCUT2D eigenvalue weighted by Crippen LogP contribution is -2.23. The Bertz CT molecular complexity index is 622.